The van der Waals surface area contributed by atoms with Gasteiger partial charge in [-0.3, -0.25) is 4.79 Å². The molecule has 3 aromatic rings. The number of nitrogens with zero attached hydrogens (tertiary/aromatic N) is 1. The van der Waals surface area contributed by atoms with E-state index in [0.29, 0.717) is 16.8 Å². The van der Waals surface area contributed by atoms with E-state index in [1.807, 2.05) is 30.3 Å². The summed E-state index contributed by atoms with van der Waals surface area (Å²) < 4.78 is 6.51. The number of carbonyl (C=O) groups excluding carboxylic acids is 2. The van der Waals surface area contributed by atoms with Gasteiger partial charge in [0.2, 0.25) is 5.78 Å². The molecule has 0 aliphatic rings. The van der Waals surface area contributed by atoms with E-state index in [0.717, 1.165) is 5.52 Å². The molecule has 4 nitrogen and oxygen atoms in total. The molecule has 4 heteroatoms. The Labute approximate surface area is 121 Å². The number of fused-ring (bicyclic) bond motifs is 1. The monoisotopic (exact) mass is 279 g/mol. The fourth-order valence-corrected chi connectivity index (χ4v) is 2.30. The van der Waals surface area contributed by atoms with Crippen LogP contribution in [0.15, 0.2) is 60.8 Å². The molecule has 1 aromatic carbocycles. The van der Waals surface area contributed by atoms with Gasteiger partial charge in [-0.15, -0.1) is 0 Å². The van der Waals surface area contributed by atoms with Crippen molar-refractivity contribution < 1.29 is 14.3 Å². The summed E-state index contributed by atoms with van der Waals surface area (Å²) in [5.74, 6) is -0.594. The minimum absolute atomic E-state index is 0.137. The lowest BCUT2D eigenvalue weighted by Crippen LogP contribution is -2.10. The summed E-state index contributed by atoms with van der Waals surface area (Å²) in [5.41, 5.74) is 2.15. The zero-order chi connectivity index (χ0) is 14.8. The Balaban J connectivity index is 2.19. The topological polar surface area (TPSA) is 47.8 Å². The number of ketones is 1. The zero-order valence-corrected chi connectivity index (χ0v) is 11.4. The SMILES string of the molecule is COC(=O)c1cc(C(=O)c2ccccc2)n2cccc2c1. The minimum atomic E-state index is -0.458. The molecule has 0 N–H and O–H groups in total. The molecule has 0 bridgehead atoms. The third-order valence-corrected chi connectivity index (χ3v) is 3.33. The van der Waals surface area contributed by atoms with Crippen molar-refractivity contribution in [1.82, 2.24) is 4.40 Å². The van der Waals surface area contributed by atoms with E-state index in [-0.39, 0.29) is 5.78 Å². The van der Waals surface area contributed by atoms with Crippen LogP contribution < -0.4 is 0 Å². The molecule has 104 valence electrons. The van der Waals surface area contributed by atoms with E-state index >= 15 is 0 Å². The summed E-state index contributed by atoms with van der Waals surface area (Å²) in [6.07, 6.45) is 1.80. The molecular weight excluding hydrogens is 266 g/mol. The van der Waals surface area contributed by atoms with Crippen molar-refractivity contribution in [3.05, 3.63) is 77.6 Å². The highest BCUT2D eigenvalue weighted by atomic mass is 16.5. The van der Waals surface area contributed by atoms with Crippen LogP contribution in [0.25, 0.3) is 5.52 Å². The van der Waals surface area contributed by atoms with Gasteiger partial charge >= 0.3 is 5.97 Å². The normalized spacial score (nSPS) is 10.5. The van der Waals surface area contributed by atoms with Crippen LogP contribution in [0.5, 0.6) is 0 Å². The van der Waals surface area contributed by atoms with Gasteiger partial charge in [-0.2, -0.15) is 0 Å². The van der Waals surface area contributed by atoms with Crippen LogP contribution in [0.3, 0.4) is 0 Å². The average Bonchev–Trinajstić information content (AvgIpc) is 3.01. The number of benzene rings is 1. The Hall–Kier alpha value is -2.88. The third kappa shape index (κ3) is 2.31. The van der Waals surface area contributed by atoms with E-state index in [1.165, 1.54) is 7.11 Å². The maximum atomic E-state index is 12.6. The van der Waals surface area contributed by atoms with E-state index in [4.69, 9.17) is 4.74 Å². The molecular formula is C17H13NO3. The summed E-state index contributed by atoms with van der Waals surface area (Å²) in [5, 5.41) is 0. The fourth-order valence-electron chi connectivity index (χ4n) is 2.30. The Morgan fingerprint density at radius 3 is 2.43 bits per heavy atom. The molecule has 2 heterocycles. The predicted molar refractivity (Wildman–Crippen MR) is 78.6 cm³/mol. The number of aromatic nitrogens is 1. The van der Waals surface area contributed by atoms with Gasteiger partial charge in [-0.05, 0) is 24.3 Å². The Bertz CT molecular complexity index is 818. The van der Waals surface area contributed by atoms with Gasteiger partial charge in [0, 0.05) is 17.3 Å². The van der Waals surface area contributed by atoms with Crippen LogP contribution in [0.1, 0.15) is 26.4 Å². The number of pyridine rings is 1. The van der Waals surface area contributed by atoms with Gasteiger partial charge in [0.25, 0.3) is 0 Å². The van der Waals surface area contributed by atoms with Crippen LogP contribution in [0.2, 0.25) is 0 Å². The van der Waals surface area contributed by atoms with Crippen LogP contribution in [0.4, 0.5) is 0 Å². The first-order chi connectivity index (χ1) is 10.2. The molecule has 0 radical (unpaired) electrons. The summed E-state index contributed by atoms with van der Waals surface area (Å²) in [6.45, 7) is 0. The molecule has 0 unspecified atom stereocenters. The number of esters is 1. The van der Waals surface area contributed by atoms with Crippen molar-refractivity contribution in [2.45, 2.75) is 0 Å². The molecule has 2 aromatic heterocycles. The number of hydrogen-bond acceptors (Lipinski definition) is 3. The van der Waals surface area contributed by atoms with Crippen LogP contribution >= 0.6 is 0 Å². The second-order valence-corrected chi connectivity index (χ2v) is 4.62. The number of carbonyl (C=O) groups is 2. The maximum absolute atomic E-state index is 12.6. The molecule has 0 aliphatic heterocycles. The molecule has 0 aliphatic carbocycles. The predicted octanol–water partition coefficient (Wildman–Crippen LogP) is 2.96. The highest BCUT2D eigenvalue weighted by molar-refractivity contribution is 6.09. The van der Waals surface area contributed by atoms with Gasteiger partial charge in [-0.25, -0.2) is 4.79 Å². The highest BCUT2D eigenvalue weighted by Crippen LogP contribution is 2.17. The van der Waals surface area contributed by atoms with Crippen LogP contribution in [-0.2, 0) is 4.74 Å². The number of methoxy groups -OCH3 is 1. The highest BCUT2D eigenvalue weighted by Gasteiger charge is 2.16. The van der Waals surface area contributed by atoms with Gasteiger partial charge in [0.15, 0.2) is 0 Å². The van der Waals surface area contributed by atoms with Gasteiger partial charge < -0.3 is 9.14 Å². The first kappa shape index (κ1) is 13.1. The molecule has 0 spiro atoms. The minimum Gasteiger partial charge on any atom is -0.465 e. The smallest absolute Gasteiger partial charge is 0.338 e. The lowest BCUT2D eigenvalue weighted by molar-refractivity contribution is 0.0600. The van der Waals surface area contributed by atoms with Crippen molar-refractivity contribution in [2.75, 3.05) is 7.11 Å². The van der Waals surface area contributed by atoms with Gasteiger partial charge in [0.1, 0.15) is 0 Å². The summed E-state index contributed by atoms with van der Waals surface area (Å²) >= 11 is 0. The second-order valence-electron chi connectivity index (χ2n) is 4.62. The first-order valence-corrected chi connectivity index (χ1v) is 6.50. The Morgan fingerprint density at radius 1 is 0.952 bits per heavy atom. The maximum Gasteiger partial charge on any atom is 0.338 e. The molecule has 0 fully saturated rings. The Kier molecular flexibility index (Phi) is 3.28. The third-order valence-electron chi connectivity index (χ3n) is 3.33. The largest absolute Gasteiger partial charge is 0.465 e. The lowest BCUT2D eigenvalue weighted by Gasteiger charge is -2.08. The molecule has 0 atom stereocenters. The molecule has 3 rings (SSSR count). The van der Waals surface area contributed by atoms with E-state index in [9.17, 15) is 9.59 Å². The van der Waals surface area contributed by atoms with E-state index < -0.39 is 5.97 Å². The number of ether oxygens (including phenoxy) is 1. The first-order valence-electron chi connectivity index (χ1n) is 6.50. The molecule has 0 saturated heterocycles. The van der Waals surface area contributed by atoms with Crippen molar-refractivity contribution >= 4 is 17.3 Å². The summed E-state index contributed by atoms with van der Waals surface area (Å²) in [6, 6.07) is 15.9. The van der Waals surface area contributed by atoms with Gasteiger partial charge in [-0.1, -0.05) is 30.3 Å². The number of hydrogen-bond donors (Lipinski definition) is 0. The quantitative estimate of drug-likeness (QED) is 0.547. The lowest BCUT2D eigenvalue weighted by atomic mass is 10.1. The van der Waals surface area contributed by atoms with E-state index in [2.05, 4.69) is 0 Å². The average molecular weight is 279 g/mol. The van der Waals surface area contributed by atoms with Crippen LogP contribution in [-0.4, -0.2) is 23.3 Å². The summed E-state index contributed by atoms with van der Waals surface area (Å²) in [4.78, 5) is 24.4. The van der Waals surface area contributed by atoms with Crippen LogP contribution in [0, 0.1) is 0 Å². The summed E-state index contributed by atoms with van der Waals surface area (Å²) in [7, 11) is 1.32. The van der Waals surface area contributed by atoms with E-state index in [1.54, 1.807) is 34.9 Å². The fraction of sp³-hybridized carbons (Fsp3) is 0.0588. The Morgan fingerprint density at radius 2 is 1.71 bits per heavy atom. The van der Waals surface area contributed by atoms with Crippen molar-refractivity contribution in [2.24, 2.45) is 0 Å². The standard InChI is InChI=1S/C17H13NO3/c1-21-17(20)13-10-14-8-5-9-18(14)15(11-13)16(19)12-6-3-2-4-7-12/h2-11H,1H3. The van der Waals surface area contributed by atoms with Crippen molar-refractivity contribution in [1.29, 1.82) is 0 Å². The number of rotatable bonds is 3. The van der Waals surface area contributed by atoms with Crippen molar-refractivity contribution in [3.8, 4) is 0 Å². The zero-order valence-electron chi connectivity index (χ0n) is 11.4. The molecule has 0 saturated carbocycles. The van der Waals surface area contributed by atoms with Gasteiger partial charge in [0.05, 0.1) is 18.4 Å². The van der Waals surface area contributed by atoms with Crippen molar-refractivity contribution in [3.63, 3.8) is 0 Å². The molecule has 0 amide bonds. The molecule has 21 heavy (non-hydrogen) atoms. The second kappa shape index (κ2) is 5.25.